The highest BCUT2D eigenvalue weighted by molar-refractivity contribution is 7.90. The van der Waals surface area contributed by atoms with Crippen molar-refractivity contribution in [3.8, 4) is 0 Å². The van der Waals surface area contributed by atoms with Gasteiger partial charge in [0.1, 0.15) is 5.82 Å². The first kappa shape index (κ1) is 20.4. The van der Waals surface area contributed by atoms with Gasteiger partial charge in [0.15, 0.2) is 10.8 Å². The minimum atomic E-state index is -4.16. The average molecular weight is 414 g/mol. The highest BCUT2D eigenvalue weighted by atomic mass is 32.2. The Bertz CT molecular complexity index is 1100. The molecule has 0 radical (unpaired) electrons. The van der Waals surface area contributed by atoms with Gasteiger partial charge in [-0.05, 0) is 48.9 Å². The summed E-state index contributed by atoms with van der Waals surface area (Å²) in [6.07, 6.45) is 0. The van der Waals surface area contributed by atoms with Gasteiger partial charge in [0.25, 0.3) is 15.9 Å². The maximum Gasteiger partial charge on any atom is 0.283 e. The molecule has 29 heavy (non-hydrogen) atoms. The predicted molar refractivity (Wildman–Crippen MR) is 106 cm³/mol. The Morgan fingerprint density at radius 3 is 2.24 bits per heavy atom. The van der Waals surface area contributed by atoms with Gasteiger partial charge >= 0.3 is 0 Å². The Kier molecular flexibility index (Phi) is 5.88. The van der Waals surface area contributed by atoms with E-state index in [2.05, 4.69) is 10.2 Å². The van der Waals surface area contributed by atoms with Crippen LogP contribution in [-0.4, -0.2) is 31.6 Å². The van der Waals surface area contributed by atoms with Gasteiger partial charge in [-0.3, -0.25) is 4.79 Å². The lowest BCUT2D eigenvalue weighted by Gasteiger charge is -2.17. The number of benzene rings is 2. The molecule has 150 valence electrons. The number of carbonyl (C=O) groups is 1. The molecule has 1 N–H and O–H groups in total. The summed E-state index contributed by atoms with van der Waals surface area (Å²) in [5, 5.41) is 7.29. The summed E-state index contributed by atoms with van der Waals surface area (Å²) in [7, 11) is -2.41. The number of nitrogens with one attached hydrogen (secondary N) is 1. The van der Waals surface area contributed by atoms with Crippen LogP contribution in [0, 0.1) is 12.7 Å². The number of nitrogens with zero attached hydrogens (tertiary/aromatic N) is 3. The number of aryl methyl sites for hydroxylation is 1. The molecule has 0 saturated heterocycles. The monoisotopic (exact) mass is 414 g/mol. The molecule has 0 spiro atoms. The summed E-state index contributed by atoms with van der Waals surface area (Å²) in [5.41, 5.74) is 2.04. The molecule has 0 bridgehead atoms. The Balaban J connectivity index is 1.70. The number of hydrogen-bond donors (Lipinski definition) is 1. The molecule has 2 aromatic carbocycles. The van der Waals surface area contributed by atoms with Gasteiger partial charge in [0.2, 0.25) is 0 Å². The van der Waals surface area contributed by atoms with E-state index in [0.717, 1.165) is 11.1 Å². The van der Waals surface area contributed by atoms with Crippen LogP contribution in [0.5, 0.6) is 0 Å². The number of carbonyl (C=O) groups excluding carboxylic acids is 1. The highest BCUT2D eigenvalue weighted by Gasteiger charge is 2.21. The molecule has 1 aromatic heterocycles. The summed E-state index contributed by atoms with van der Waals surface area (Å²) >= 11 is 0. The normalized spacial score (nSPS) is 11.1. The first-order valence-electron chi connectivity index (χ1n) is 8.68. The van der Waals surface area contributed by atoms with Gasteiger partial charge in [-0.15, -0.1) is 10.2 Å². The molecule has 7 nitrogen and oxygen atoms in total. The number of aromatic nitrogens is 2. The third-order valence-corrected chi connectivity index (χ3v) is 5.39. The van der Waals surface area contributed by atoms with Crippen LogP contribution in [0.3, 0.4) is 0 Å². The third kappa shape index (κ3) is 5.14. The van der Waals surface area contributed by atoms with Crippen LogP contribution in [0.4, 0.5) is 10.2 Å². The van der Waals surface area contributed by atoms with Crippen LogP contribution in [0.15, 0.2) is 65.7 Å². The van der Waals surface area contributed by atoms with Gasteiger partial charge in [0, 0.05) is 19.2 Å². The van der Waals surface area contributed by atoms with Crippen molar-refractivity contribution in [1.29, 1.82) is 0 Å². The standard InChI is InChI=1S/C20H19FN4O3S/c1-14-3-7-16(8-4-14)20(26)24-29(27,28)19-12-11-18(22-23-19)25(2)13-15-5-9-17(21)10-6-15/h3-12H,13H2,1-2H3,(H,24,26). The van der Waals surface area contributed by atoms with Crippen LogP contribution in [-0.2, 0) is 16.6 Å². The quantitative estimate of drug-likeness (QED) is 0.667. The third-order valence-electron chi connectivity index (χ3n) is 4.17. The SMILES string of the molecule is Cc1ccc(C(=O)NS(=O)(=O)c2ccc(N(C)Cc3ccc(F)cc3)nn2)cc1. The van der Waals surface area contributed by atoms with Gasteiger partial charge < -0.3 is 4.90 Å². The largest absolute Gasteiger partial charge is 0.354 e. The second-order valence-electron chi connectivity index (χ2n) is 6.51. The number of halogens is 1. The molecule has 0 aliphatic carbocycles. The Hall–Kier alpha value is -3.33. The minimum absolute atomic E-state index is 0.225. The van der Waals surface area contributed by atoms with Gasteiger partial charge in [-0.25, -0.2) is 9.11 Å². The Morgan fingerprint density at radius 2 is 1.66 bits per heavy atom. The fourth-order valence-electron chi connectivity index (χ4n) is 2.54. The molecule has 1 heterocycles. The zero-order valence-corrected chi connectivity index (χ0v) is 16.6. The highest BCUT2D eigenvalue weighted by Crippen LogP contribution is 2.14. The van der Waals surface area contributed by atoms with E-state index < -0.39 is 15.9 Å². The van der Waals surface area contributed by atoms with E-state index in [1.807, 2.05) is 11.6 Å². The summed E-state index contributed by atoms with van der Waals surface area (Å²) in [5.74, 6) is -0.638. The summed E-state index contributed by atoms with van der Waals surface area (Å²) in [6, 6.07) is 15.3. The number of rotatable bonds is 6. The number of anilines is 1. The van der Waals surface area contributed by atoms with E-state index in [9.17, 15) is 17.6 Å². The lowest BCUT2D eigenvalue weighted by Crippen LogP contribution is -2.31. The van der Waals surface area contributed by atoms with Crippen LogP contribution in [0.2, 0.25) is 0 Å². The predicted octanol–water partition coefficient (Wildman–Crippen LogP) is 2.68. The van der Waals surface area contributed by atoms with Crippen molar-refractivity contribution < 1.29 is 17.6 Å². The minimum Gasteiger partial charge on any atom is -0.354 e. The molecule has 0 saturated carbocycles. The van der Waals surface area contributed by atoms with Crippen molar-refractivity contribution in [3.63, 3.8) is 0 Å². The van der Waals surface area contributed by atoms with Gasteiger partial charge in [-0.2, -0.15) is 8.42 Å². The fraction of sp³-hybridized carbons (Fsp3) is 0.150. The smallest absolute Gasteiger partial charge is 0.283 e. The first-order valence-corrected chi connectivity index (χ1v) is 10.2. The van der Waals surface area contributed by atoms with E-state index in [4.69, 9.17) is 0 Å². The van der Waals surface area contributed by atoms with E-state index in [0.29, 0.717) is 12.4 Å². The van der Waals surface area contributed by atoms with E-state index >= 15 is 0 Å². The molecule has 3 aromatic rings. The van der Waals surface area contributed by atoms with Crippen molar-refractivity contribution in [2.45, 2.75) is 18.5 Å². The fourth-order valence-corrected chi connectivity index (χ4v) is 3.40. The van der Waals surface area contributed by atoms with Crippen LogP contribution >= 0.6 is 0 Å². The van der Waals surface area contributed by atoms with Gasteiger partial charge in [0.05, 0.1) is 0 Å². The second kappa shape index (κ2) is 8.36. The molecule has 0 unspecified atom stereocenters. The van der Waals surface area contributed by atoms with Gasteiger partial charge in [-0.1, -0.05) is 29.8 Å². The molecule has 9 heteroatoms. The molecule has 0 aliphatic rings. The molecule has 3 rings (SSSR count). The summed E-state index contributed by atoms with van der Waals surface area (Å²) in [6.45, 7) is 2.30. The topological polar surface area (TPSA) is 92.3 Å². The molecule has 0 aliphatic heterocycles. The molecule has 0 atom stereocenters. The van der Waals surface area contributed by atoms with Crippen molar-refractivity contribution in [1.82, 2.24) is 14.9 Å². The van der Waals surface area contributed by atoms with Crippen molar-refractivity contribution >= 4 is 21.7 Å². The number of hydrogen-bond acceptors (Lipinski definition) is 6. The van der Waals surface area contributed by atoms with E-state index in [1.165, 1.54) is 24.3 Å². The first-order chi connectivity index (χ1) is 13.7. The molecular weight excluding hydrogens is 395 g/mol. The molecular formula is C20H19FN4O3S. The summed E-state index contributed by atoms with van der Waals surface area (Å²) in [4.78, 5) is 13.9. The van der Waals surface area contributed by atoms with E-state index in [-0.39, 0.29) is 16.4 Å². The zero-order valence-electron chi connectivity index (χ0n) is 15.8. The Labute approximate surface area is 168 Å². The number of amides is 1. The van der Waals surface area contributed by atoms with Crippen molar-refractivity contribution in [3.05, 3.63) is 83.2 Å². The van der Waals surface area contributed by atoms with Crippen LogP contribution in [0.25, 0.3) is 0 Å². The maximum atomic E-state index is 13.0. The second-order valence-corrected chi connectivity index (χ2v) is 8.14. The maximum absolute atomic E-state index is 13.0. The zero-order chi connectivity index (χ0) is 21.0. The lowest BCUT2D eigenvalue weighted by atomic mass is 10.1. The lowest BCUT2D eigenvalue weighted by molar-refractivity contribution is 0.0981. The van der Waals surface area contributed by atoms with E-state index in [1.54, 1.807) is 48.3 Å². The number of sulfonamides is 1. The van der Waals surface area contributed by atoms with Crippen molar-refractivity contribution in [2.24, 2.45) is 0 Å². The Morgan fingerprint density at radius 1 is 1.00 bits per heavy atom. The van der Waals surface area contributed by atoms with Crippen molar-refractivity contribution in [2.75, 3.05) is 11.9 Å². The summed E-state index contributed by atoms with van der Waals surface area (Å²) < 4.78 is 39.8. The average Bonchev–Trinajstić information content (AvgIpc) is 2.70. The van der Waals surface area contributed by atoms with Crippen LogP contribution in [0.1, 0.15) is 21.5 Å². The van der Waals surface area contributed by atoms with Crippen LogP contribution < -0.4 is 9.62 Å². The molecule has 1 amide bonds. The molecule has 0 fully saturated rings.